The van der Waals surface area contributed by atoms with Gasteiger partial charge in [-0.2, -0.15) is 0 Å². The summed E-state index contributed by atoms with van der Waals surface area (Å²) >= 11 is 0. The van der Waals surface area contributed by atoms with Crippen LogP contribution in [0.1, 0.15) is 129 Å². The maximum absolute atomic E-state index is 12.5. The molecule has 8 nitrogen and oxygen atoms in total. The van der Waals surface area contributed by atoms with Gasteiger partial charge in [-0.1, -0.05) is 141 Å². The third kappa shape index (κ3) is 20.3. The topological polar surface area (TPSA) is 111 Å². The molecular weight excluding hydrogens is 534 g/mol. The minimum Gasteiger partial charge on any atom is -0.463 e. The van der Waals surface area contributed by atoms with Gasteiger partial charge >= 0.3 is 18.0 Å². The predicted octanol–water partition coefficient (Wildman–Crippen LogP) is 7.65. The van der Waals surface area contributed by atoms with Crippen molar-refractivity contribution in [1.82, 2.24) is 5.32 Å². The molecule has 0 aliphatic carbocycles. The number of carbonyl (C=O) groups is 3. The molecule has 1 aromatic rings. The molecule has 0 spiro atoms. The minimum atomic E-state index is -1.14. The number of rotatable bonds is 25. The number of amides is 1. The summed E-state index contributed by atoms with van der Waals surface area (Å²) in [6, 6.07) is 8.27. The summed E-state index contributed by atoms with van der Waals surface area (Å²) in [6.45, 7) is 5.28. The van der Waals surface area contributed by atoms with Crippen molar-refractivity contribution < 1.29 is 33.7 Å². The fourth-order valence-electron chi connectivity index (χ4n) is 4.61. The molecular formula is C34H57NO7. The summed E-state index contributed by atoms with van der Waals surface area (Å²) in [5, 5.41) is 12.6. The van der Waals surface area contributed by atoms with E-state index in [0.29, 0.717) is 6.42 Å². The number of unbranched alkanes of at least 4 members (excludes halogenated alkanes) is 14. The molecule has 0 aliphatic rings. The van der Waals surface area contributed by atoms with Crippen LogP contribution < -0.4 is 5.32 Å². The fraction of sp³-hybridized carbons (Fsp3) is 0.735. The zero-order valence-electron chi connectivity index (χ0n) is 26.5. The van der Waals surface area contributed by atoms with Crippen LogP contribution >= 0.6 is 0 Å². The van der Waals surface area contributed by atoms with Crippen LogP contribution in [0.2, 0.25) is 0 Å². The third-order valence-corrected chi connectivity index (χ3v) is 7.25. The lowest BCUT2D eigenvalue weighted by Gasteiger charge is -2.21. The number of benzene rings is 1. The van der Waals surface area contributed by atoms with Gasteiger partial charge in [-0.3, -0.25) is 4.79 Å². The van der Waals surface area contributed by atoms with Crippen molar-refractivity contribution in [3.63, 3.8) is 0 Å². The van der Waals surface area contributed by atoms with Gasteiger partial charge in [0.1, 0.15) is 32.0 Å². The van der Waals surface area contributed by atoms with Crippen LogP contribution in [0, 0.1) is 5.92 Å². The number of hydrogen-bond acceptors (Lipinski definition) is 7. The molecule has 2 N–H and O–H groups in total. The zero-order valence-corrected chi connectivity index (χ0v) is 26.5. The van der Waals surface area contributed by atoms with E-state index in [0.717, 1.165) is 24.8 Å². The van der Waals surface area contributed by atoms with Crippen LogP contribution in [0.5, 0.6) is 0 Å². The molecule has 0 saturated carbocycles. The highest BCUT2D eigenvalue weighted by molar-refractivity contribution is 5.81. The Morgan fingerprint density at radius 2 is 1.21 bits per heavy atom. The van der Waals surface area contributed by atoms with E-state index in [1.54, 1.807) is 13.8 Å². The molecule has 1 rings (SSSR count). The van der Waals surface area contributed by atoms with Gasteiger partial charge in [-0.25, -0.2) is 9.59 Å². The van der Waals surface area contributed by atoms with Gasteiger partial charge in [0.2, 0.25) is 0 Å². The van der Waals surface area contributed by atoms with E-state index in [9.17, 15) is 19.5 Å². The highest BCUT2D eigenvalue weighted by Gasteiger charge is 2.27. The second-order valence-electron chi connectivity index (χ2n) is 11.6. The van der Waals surface area contributed by atoms with Gasteiger partial charge in [-0.05, 0) is 17.9 Å². The minimum absolute atomic E-state index is 0.0794. The number of hydrogen-bond donors (Lipinski definition) is 2. The van der Waals surface area contributed by atoms with Crippen molar-refractivity contribution in [3.05, 3.63) is 35.9 Å². The molecule has 1 unspecified atom stereocenters. The van der Waals surface area contributed by atoms with Crippen LogP contribution in [0.3, 0.4) is 0 Å². The summed E-state index contributed by atoms with van der Waals surface area (Å²) < 4.78 is 15.5. The lowest BCUT2D eigenvalue weighted by Crippen LogP contribution is -2.46. The van der Waals surface area contributed by atoms with Crippen molar-refractivity contribution in [1.29, 1.82) is 0 Å². The number of aliphatic hydroxyl groups is 1. The first-order chi connectivity index (χ1) is 20.3. The summed E-state index contributed by atoms with van der Waals surface area (Å²) in [7, 11) is 0. The summed E-state index contributed by atoms with van der Waals surface area (Å²) in [5.74, 6) is -1.31. The Kier molecular flexibility index (Phi) is 22.2. The lowest BCUT2D eigenvalue weighted by atomic mass is 10.0. The van der Waals surface area contributed by atoms with Crippen molar-refractivity contribution in [2.75, 3.05) is 13.2 Å². The quantitative estimate of drug-likeness (QED) is 0.0682. The van der Waals surface area contributed by atoms with E-state index in [2.05, 4.69) is 12.2 Å². The van der Waals surface area contributed by atoms with Crippen LogP contribution in [-0.4, -0.2) is 48.5 Å². The van der Waals surface area contributed by atoms with Crippen molar-refractivity contribution in [3.8, 4) is 0 Å². The number of carbonyl (C=O) groups excluding carboxylic acids is 3. The molecule has 0 aromatic heterocycles. The van der Waals surface area contributed by atoms with Gasteiger partial charge in [0.15, 0.2) is 0 Å². The smallest absolute Gasteiger partial charge is 0.408 e. The van der Waals surface area contributed by atoms with Crippen LogP contribution in [0.4, 0.5) is 4.79 Å². The molecule has 0 fully saturated rings. The number of nitrogens with one attached hydrogen (secondary N) is 1. The Morgan fingerprint density at radius 1 is 0.714 bits per heavy atom. The Bertz CT molecular complexity index is 830. The number of esters is 2. The molecule has 240 valence electrons. The van der Waals surface area contributed by atoms with E-state index in [4.69, 9.17) is 14.2 Å². The van der Waals surface area contributed by atoms with Crippen LogP contribution in [0.25, 0.3) is 0 Å². The molecule has 0 heterocycles. The van der Waals surface area contributed by atoms with Gasteiger partial charge < -0.3 is 24.6 Å². The largest absolute Gasteiger partial charge is 0.463 e. The highest BCUT2D eigenvalue weighted by Crippen LogP contribution is 2.14. The standard InChI is InChI=1S/C34H57NO7/c1-4-5-6-7-8-9-10-11-12-13-14-15-16-17-21-24-31(37)40-26-30(36)27-41-33(38)32(28(2)3)35-34(39)42-25-29-22-19-18-20-23-29/h18-20,22-23,28,30,32,36H,4-17,21,24-27H2,1-3H3,(H,35,39)/t30?,32-/m0/s1. The Labute approximate surface area is 254 Å². The first kappa shape index (κ1) is 37.4. The molecule has 1 amide bonds. The lowest BCUT2D eigenvalue weighted by molar-refractivity contribution is -0.154. The average molecular weight is 592 g/mol. The SMILES string of the molecule is CCCCCCCCCCCCCCCCCC(=O)OCC(O)COC(=O)[C@@H](NC(=O)OCc1ccccc1)C(C)C. The van der Waals surface area contributed by atoms with Crippen LogP contribution in [-0.2, 0) is 30.4 Å². The third-order valence-electron chi connectivity index (χ3n) is 7.25. The van der Waals surface area contributed by atoms with Gasteiger partial charge in [0.05, 0.1) is 0 Å². The van der Waals surface area contributed by atoms with Crippen molar-refractivity contribution >= 4 is 18.0 Å². The summed E-state index contributed by atoms with van der Waals surface area (Å²) in [4.78, 5) is 36.6. The first-order valence-corrected chi connectivity index (χ1v) is 16.3. The Morgan fingerprint density at radius 3 is 1.74 bits per heavy atom. The molecule has 0 aliphatic heterocycles. The van der Waals surface area contributed by atoms with E-state index in [1.807, 2.05) is 30.3 Å². The zero-order chi connectivity index (χ0) is 30.8. The summed E-state index contributed by atoms with van der Waals surface area (Å²) in [6.07, 6.45) is 17.4. The Balaban J connectivity index is 2.05. The molecule has 2 atom stereocenters. The number of aliphatic hydroxyl groups excluding tert-OH is 1. The molecule has 0 radical (unpaired) electrons. The number of ether oxygens (including phenoxy) is 3. The normalized spacial score (nSPS) is 12.5. The van der Waals surface area contributed by atoms with E-state index in [1.165, 1.54) is 77.0 Å². The molecule has 0 saturated heterocycles. The van der Waals surface area contributed by atoms with Crippen molar-refractivity contribution in [2.24, 2.45) is 5.92 Å². The van der Waals surface area contributed by atoms with E-state index >= 15 is 0 Å². The molecule has 1 aromatic carbocycles. The molecule has 8 heteroatoms. The van der Waals surface area contributed by atoms with Gasteiger partial charge in [0, 0.05) is 6.42 Å². The second-order valence-corrected chi connectivity index (χ2v) is 11.6. The Hall–Kier alpha value is -2.61. The fourth-order valence-corrected chi connectivity index (χ4v) is 4.61. The monoisotopic (exact) mass is 591 g/mol. The van der Waals surface area contributed by atoms with E-state index in [-0.39, 0.29) is 31.7 Å². The molecule has 0 bridgehead atoms. The van der Waals surface area contributed by atoms with Gasteiger partial charge in [-0.15, -0.1) is 0 Å². The van der Waals surface area contributed by atoms with Crippen molar-refractivity contribution in [2.45, 2.75) is 142 Å². The van der Waals surface area contributed by atoms with Crippen LogP contribution in [0.15, 0.2) is 30.3 Å². The maximum atomic E-state index is 12.5. The highest BCUT2D eigenvalue weighted by atomic mass is 16.6. The first-order valence-electron chi connectivity index (χ1n) is 16.3. The van der Waals surface area contributed by atoms with E-state index < -0.39 is 24.2 Å². The second kappa shape index (κ2) is 24.9. The summed E-state index contributed by atoms with van der Waals surface area (Å²) in [5.41, 5.74) is 0.827. The van der Waals surface area contributed by atoms with Gasteiger partial charge in [0.25, 0.3) is 0 Å². The number of alkyl carbamates (subject to hydrolysis) is 1. The predicted molar refractivity (Wildman–Crippen MR) is 166 cm³/mol. The average Bonchev–Trinajstić information content (AvgIpc) is 2.98. The molecule has 42 heavy (non-hydrogen) atoms. The maximum Gasteiger partial charge on any atom is 0.408 e.